The fourth-order valence-electron chi connectivity index (χ4n) is 2.68. The molecule has 0 radical (unpaired) electrons. The summed E-state index contributed by atoms with van der Waals surface area (Å²) in [5.74, 6) is 0.831. The zero-order valence-corrected chi connectivity index (χ0v) is 14.3. The smallest absolute Gasteiger partial charge is 0.368 e. The zero-order chi connectivity index (χ0) is 17.7. The number of carbonyl (C=O) groups is 1. The molecule has 1 amide bonds. The number of hydrogen-bond donors (Lipinski definition) is 1. The van der Waals surface area contributed by atoms with Crippen LogP contribution >= 0.6 is 11.6 Å². The van der Waals surface area contributed by atoms with Gasteiger partial charge in [0.25, 0.3) is 0 Å². The molecule has 1 saturated heterocycles. The van der Waals surface area contributed by atoms with Gasteiger partial charge in [-0.3, -0.25) is 4.79 Å². The van der Waals surface area contributed by atoms with Crippen LogP contribution in [0.2, 0.25) is 5.02 Å². The molecule has 1 N–H and O–H groups in total. The number of halogens is 4. The SMILES string of the molecule is C[C@@H]1CCCN(C(=O)CCNc2ncc(C(F)(F)F)cc2Cl)CC1. The maximum absolute atomic E-state index is 12.6. The summed E-state index contributed by atoms with van der Waals surface area (Å²) < 4.78 is 37.7. The van der Waals surface area contributed by atoms with E-state index in [2.05, 4.69) is 17.2 Å². The molecular formula is C16H21ClF3N3O. The van der Waals surface area contributed by atoms with Crippen LogP contribution in [0.3, 0.4) is 0 Å². The van der Waals surface area contributed by atoms with Gasteiger partial charge in [-0.05, 0) is 31.2 Å². The lowest BCUT2D eigenvalue weighted by molar-refractivity contribution is -0.137. The van der Waals surface area contributed by atoms with Gasteiger partial charge in [-0.2, -0.15) is 13.2 Å². The largest absolute Gasteiger partial charge is 0.417 e. The zero-order valence-electron chi connectivity index (χ0n) is 13.5. The monoisotopic (exact) mass is 363 g/mol. The molecule has 1 fully saturated rings. The number of aromatic nitrogens is 1. The van der Waals surface area contributed by atoms with Crippen LogP contribution in [0.15, 0.2) is 12.3 Å². The molecule has 2 heterocycles. The van der Waals surface area contributed by atoms with E-state index in [1.54, 1.807) is 0 Å². The van der Waals surface area contributed by atoms with Crippen LogP contribution in [0.1, 0.15) is 38.2 Å². The second kappa shape index (κ2) is 8.05. The van der Waals surface area contributed by atoms with E-state index in [1.165, 1.54) is 0 Å². The first-order valence-electron chi connectivity index (χ1n) is 8.01. The summed E-state index contributed by atoms with van der Waals surface area (Å²) in [6.07, 6.45) is -0.347. The summed E-state index contributed by atoms with van der Waals surface area (Å²) in [6, 6.07) is 0.828. The number of carbonyl (C=O) groups excluding carboxylic acids is 1. The second-order valence-corrected chi connectivity index (χ2v) is 6.55. The Labute approximate surface area is 144 Å². The average Bonchev–Trinajstić information content (AvgIpc) is 2.72. The highest BCUT2D eigenvalue weighted by Gasteiger charge is 2.31. The van der Waals surface area contributed by atoms with Crippen molar-refractivity contribution in [2.24, 2.45) is 5.92 Å². The minimum atomic E-state index is -4.48. The molecule has 134 valence electrons. The van der Waals surface area contributed by atoms with Crippen molar-refractivity contribution < 1.29 is 18.0 Å². The summed E-state index contributed by atoms with van der Waals surface area (Å²) in [4.78, 5) is 17.7. The van der Waals surface area contributed by atoms with Crippen molar-refractivity contribution in [1.82, 2.24) is 9.88 Å². The molecule has 0 saturated carbocycles. The summed E-state index contributed by atoms with van der Waals surface area (Å²) in [5, 5.41) is 2.72. The van der Waals surface area contributed by atoms with E-state index in [0.29, 0.717) is 5.92 Å². The second-order valence-electron chi connectivity index (χ2n) is 6.15. The lowest BCUT2D eigenvalue weighted by Gasteiger charge is -2.20. The van der Waals surface area contributed by atoms with Crippen LogP contribution < -0.4 is 5.32 Å². The molecule has 0 aromatic carbocycles. The molecule has 1 aromatic rings. The lowest BCUT2D eigenvalue weighted by atomic mass is 10.0. The van der Waals surface area contributed by atoms with Gasteiger partial charge in [-0.25, -0.2) is 4.98 Å². The van der Waals surface area contributed by atoms with Crippen molar-refractivity contribution in [3.8, 4) is 0 Å². The van der Waals surface area contributed by atoms with Crippen LogP contribution in [0.25, 0.3) is 0 Å². The Hall–Kier alpha value is -1.50. The number of pyridine rings is 1. The van der Waals surface area contributed by atoms with E-state index in [1.807, 2.05) is 4.90 Å². The molecule has 0 unspecified atom stereocenters. The topological polar surface area (TPSA) is 45.2 Å². The standard InChI is InChI=1S/C16H21ClF3N3O/c1-11-3-2-7-23(8-5-11)14(24)4-6-21-15-13(17)9-12(10-22-15)16(18,19)20/h9-11H,2-8H2,1H3,(H,21,22)/t11-/m1/s1. The quantitative estimate of drug-likeness (QED) is 0.871. The number of anilines is 1. The Morgan fingerprint density at radius 3 is 2.83 bits per heavy atom. The van der Waals surface area contributed by atoms with Crippen molar-refractivity contribution >= 4 is 23.3 Å². The molecule has 4 nitrogen and oxygen atoms in total. The number of rotatable bonds is 4. The van der Waals surface area contributed by atoms with Gasteiger partial charge in [0.05, 0.1) is 10.6 Å². The molecule has 1 aromatic heterocycles. The fraction of sp³-hybridized carbons (Fsp3) is 0.625. The molecule has 1 atom stereocenters. The number of nitrogens with zero attached hydrogens (tertiary/aromatic N) is 2. The molecule has 0 bridgehead atoms. The summed E-state index contributed by atoms with van der Waals surface area (Å²) in [7, 11) is 0. The number of nitrogens with one attached hydrogen (secondary N) is 1. The first kappa shape index (κ1) is 18.8. The highest BCUT2D eigenvalue weighted by Crippen LogP contribution is 2.32. The van der Waals surface area contributed by atoms with E-state index in [9.17, 15) is 18.0 Å². The van der Waals surface area contributed by atoms with Gasteiger partial charge in [-0.1, -0.05) is 18.5 Å². The van der Waals surface area contributed by atoms with E-state index in [4.69, 9.17) is 11.6 Å². The van der Waals surface area contributed by atoms with Crippen molar-refractivity contribution in [2.75, 3.05) is 25.0 Å². The molecular weight excluding hydrogens is 343 g/mol. The summed E-state index contributed by atoms with van der Waals surface area (Å²) in [6.45, 7) is 4.00. The van der Waals surface area contributed by atoms with Gasteiger partial charge in [0.2, 0.25) is 5.91 Å². The number of alkyl halides is 3. The van der Waals surface area contributed by atoms with Crippen LogP contribution in [0.5, 0.6) is 0 Å². The van der Waals surface area contributed by atoms with Crippen molar-refractivity contribution in [3.05, 3.63) is 22.8 Å². The molecule has 8 heteroatoms. The predicted octanol–water partition coefficient (Wildman–Crippen LogP) is 4.20. The van der Waals surface area contributed by atoms with E-state index in [-0.39, 0.29) is 29.7 Å². The van der Waals surface area contributed by atoms with Crippen LogP contribution in [0, 0.1) is 5.92 Å². The highest BCUT2D eigenvalue weighted by atomic mass is 35.5. The minimum Gasteiger partial charge on any atom is -0.368 e. The van der Waals surface area contributed by atoms with Gasteiger partial charge >= 0.3 is 6.18 Å². The number of likely N-dealkylation sites (tertiary alicyclic amines) is 1. The van der Waals surface area contributed by atoms with Gasteiger partial charge in [0, 0.05) is 32.3 Å². The third-order valence-corrected chi connectivity index (χ3v) is 4.46. The maximum Gasteiger partial charge on any atom is 0.417 e. The third-order valence-electron chi connectivity index (χ3n) is 4.17. The lowest BCUT2D eigenvalue weighted by Crippen LogP contribution is -2.33. The minimum absolute atomic E-state index is 0.0413. The van der Waals surface area contributed by atoms with E-state index < -0.39 is 11.7 Å². The number of amides is 1. The van der Waals surface area contributed by atoms with Crippen LogP contribution in [-0.2, 0) is 11.0 Å². The normalized spacial score (nSPS) is 19.0. The molecule has 1 aliphatic rings. The maximum atomic E-state index is 12.6. The van der Waals surface area contributed by atoms with Crippen LogP contribution in [0.4, 0.5) is 19.0 Å². The van der Waals surface area contributed by atoms with Gasteiger partial charge < -0.3 is 10.2 Å². The predicted molar refractivity (Wildman–Crippen MR) is 87.0 cm³/mol. The Bertz CT molecular complexity index is 580. The van der Waals surface area contributed by atoms with E-state index >= 15 is 0 Å². The van der Waals surface area contributed by atoms with Crippen LogP contribution in [-0.4, -0.2) is 35.4 Å². The molecule has 0 spiro atoms. The highest BCUT2D eigenvalue weighted by molar-refractivity contribution is 6.32. The van der Waals surface area contributed by atoms with E-state index in [0.717, 1.165) is 44.6 Å². The number of hydrogen-bond acceptors (Lipinski definition) is 3. The Morgan fingerprint density at radius 1 is 1.42 bits per heavy atom. The Morgan fingerprint density at radius 2 is 2.17 bits per heavy atom. The third kappa shape index (κ3) is 5.26. The Kier molecular flexibility index (Phi) is 6.32. The van der Waals surface area contributed by atoms with Gasteiger partial charge in [0.1, 0.15) is 5.82 Å². The fourth-order valence-corrected chi connectivity index (χ4v) is 2.91. The van der Waals surface area contributed by atoms with Gasteiger partial charge in [0.15, 0.2) is 0 Å². The first-order valence-corrected chi connectivity index (χ1v) is 8.39. The van der Waals surface area contributed by atoms with Crippen molar-refractivity contribution in [2.45, 2.75) is 38.8 Å². The first-order chi connectivity index (χ1) is 11.3. The average molecular weight is 364 g/mol. The summed E-state index contributed by atoms with van der Waals surface area (Å²) in [5.41, 5.74) is -0.896. The Balaban J connectivity index is 1.84. The van der Waals surface area contributed by atoms with Gasteiger partial charge in [-0.15, -0.1) is 0 Å². The molecule has 24 heavy (non-hydrogen) atoms. The molecule has 2 rings (SSSR count). The molecule has 1 aliphatic heterocycles. The van der Waals surface area contributed by atoms with Crippen molar-refractivity contribution in [1.29, 1.82) is 0 Å². The summed E-state index contributed by atoms with van der Waals surface area (Å²) >= 11 is 5.82. The van der Waals surface area contributed by atoms with Crippen molar-refractivity contribution in [3.63, 3.8) is 0 Å². The molecule has 0 aliphatic carbocycles.